The standard InChI is InChI=1S/C15H24N4O/c1-4-19(5-2)15(20)14-10-12(6-8-16-14)17-13-7-9-18(3)11-13/h6,8,10,13H,4-5,7,9,11H2,1-3H3,(H,16,17). The Hall–Kier alpha value is -1.62. The van der Waals surface area contributed by atoms with Gasteiger partial charge in [-0.1, -0.05) is 0 Å². The fraction of sp³-hybridized carbons (Fsp3) is 0.600. The van der Waals surface area contributed by atoms with Gasteiger partial charge in [-0.25, -0.2) is 0 Å². The van der Waals surface area contributed by atoms with Gasteiger partial charge < -0.3 is 15.1 Å². The molecule has 1 aromatic heterocycles. The minimum Gasteiger partial charge on any atom is -0.381 e. The number of amides is 1. The molecule has 1 unspecified atom stereocenters. The van der Waals surface area contributed by atoms with Crippen LogP contribution in [0, 0.1) is 0 Å². The zero-order valence-electron chi connectivity index (χ0n) is 12.6. The Morgan fingerprint density at radius 1 is 1.50 bits per heavy atom. The van der Waals surface area contributed by atoms with Crippen molar-refractivity contribution in [3.05, 3.63) is 24.0 Å². The van der Waals surface area contributed by atoms with Crippen LogP contribution in [-0.2, 0) is 0 Å². The Kier molecular flexibility index (Phi) is 4.95. The molecular weight excluding hydrogens is 252 g/mol. The van der Waals surface area contributed by atoms with E-state index in [1.807, 2.05) is 26.0 Å². The summed E-state index contributed by atoms with van der Waals surface area (Å²) in [5, 5.41) is 3.49. The van der Waals surface area contributed by atoms with Crippen molar-refractivity contribution in [3.8, 4) is 0 Å². The van der Waals surface area contributed by atoms with Crippen LogP contribution < -0.4 is 5.32 Å². The fourth-order valence-electron chi connectivity index (χ4n) is 2.60. The van der Waals surface area contributed by atoms with E-state index in [4.69, 9.17) is 0 Å². The number of hydrogen-bond donors (Lipinski definition) is 1. The maximum atomic E-state index is 12.3. The molecule has 1 amide bonds. The van der Waals surface area contributed by atoms with E-state index >= 15 is 0 Å². The van der Waals surface area contributed by atoms with Gasteiger partial charge in [0.1, 0.15) is 5.69 Å². The molecular formula is C15H24N4O. The van der Waals surface area contributed by atoms with E-state index in [2.05, 4.69) is 22.2 Å². The average Bonchev–Trinajstić information content (AvgIpc) is 2.85. The van der Waals surface area contributed by atoms with Crippen LogP contribution in [0.15, 0.2) is 18.3 Å². The molecule has 1 saturated heterocycles. The second-order valence-corrected chi connectivity index (χ2v) is 5.30. The summed E-state index contributed by atoms with van der Waals surface area (Å²) in [6, 6.07) is 4.25. The summed E-state index contributed by atoms with van der Waals surface area (Å²) < 4.78 is 0. The number of pyridine rings is 1. The SMILES string of the molecule is CCN(CC)C(=O)c1cc(NC2CCN(C)C2)ccn1. The molecule has 2 heterocycles. The Labute approximate surface area is 121 Å². The highest BCUT2D eigenvalue weighted by Gasteiger charge is 2.20. The highest BCUT2D eigenvalue weighted by Crippen LogP contribution is 2.16. The van der Waals surface area contributed by atoms with Crippen LogP contribution in [0.2, 0.25) is 0 Å². The predicted octanol–water partition coefficient (Wildman–Crippen LogP) is 1.68. The summed E-state index contributed by atoms with van der Waals surface area (Å²) in [5.74, 6) is 0.00203. The van der Waals surface area contributed by atoms with Crippen molar-refractivity contribution in [2.24, 2.45) is 0 Å². The van der Waals surface area contributed by atoms with E-state index in [9.17, 15) is 4.79 Å². The molecule has 1 fully saturated rings. The summed E-state index contributed by atoms with van der Waals surface area (Å²) in [5.41, 5.74) is 1.50. The number of nitrogens with one attached hydrogen (secondary N) is 1. The van der Waals surface area contributed by atoms with Gasteiger partial charge in [-0.3, -0.25) is 9.78 Å². The first kappa shape index (κ1) is 14.8. The van der Waals surface area contributed by atoms with Crippen LogP contribution in [0.1, 0.15) is 30.8 Å². The van der Waals surface area contributed by atoms with Crippen LogP contribution in [0.4, 0.5) is 5.69 Å². The molecule has 1 aliphatic heterocycles. The van der Waals surface area contributed by atoms with Gasteiger partial charge in [0.2, 0.25) is 0 Å². The molecule has 5 nitrogen and oxygen atoms in total. The van der Waals surface area contributed by atoms with Gasteiger partial charge in [0, 0.05) is 37.6 Å². The summed E-state index contributed by atoms with van der Waals surface area (Å²) in [6.45, 7) is 7.55. The lowest BCUT2D eigenvalue weighted by atomic mass is 10.2. The lowest BCUT2D eigenvalue weighted by molar-refractivity contribution is 0.0767. The molecule has 0 bridgehead atoms. The first-order valence-electron chi connectivity index (χ1n) is 7.34. The Balaban J connectivity index is 2.05. The van der Waals surface area contributed by atoms with Crippen LogP contribution >= 0.6 is 0 Å². The highest BCUT2D eigenvalue weighted by atomic mass is 16.2. The second kappa shape index (κ2) is 6.70. The smallest absolute Gasteiger partial charge is 0.272 e. The van der Waals surface area contributed by atoms with E-state index < -0.39 is 0 Å². The topological polar surface area (TPSA) is 48.5 Å². The first-order valence-corrected chi connectivity index (χ1v) is 7.34. The zero-order chi connectivity index (χ0) is 14.5. The summed E-state index contributed by atoms with van der Waals surface area (Å²) in [6.07, 6.45) is 2.84. The average molecular weight is 276 g/mol. The predicted molar refractivity (Wildman–Crippen MR) is 81.0 cm³/mol. The highest BCUT2D eigenvalue weighted by molar-refractivity contribution is 5.93. The quantitative estimate of drug-likeness (QED) is 0.889. The van der Waals surface area contributed by atoms with Crippen LogP contribution in [-0.4, -0.2) is 60.0 Å². The molecule has 110 valence electrons. The van der Waals surface area contributed by atoms with Gasteiger partial charge in [-0.05, 0) is 46.0 Å². The molecule has 1 atom stereocenters. The van der Waals surface area contributed by atoms with E-state index in [-0.39, 0.29) is 5.91 Å². The van der Waals surface area contributed by atoms with Crippen LogP contribution in [0.3, 0.4) is 0 Å². The van der Waals surface area contributed by atoms with Gasteiger partial charge in [0.15, 0.2) is 0 Å². The third kappa shape index (κ3) is 3.48. The Bertz CT molecular complexity index is 459. The van der Waals surface area contributed by atoms with Crippen molar-refractivity contribution in [1.82, 2.24) is 14.8 Å². The molecule has 0 aliphatic carbocycles. The molecule has 1 aromatic rings. The largest absolute Gasteiger partial charge is 0.381 e. The van der Waals surface area contributed by atoms with Gasteiger partial charge in [0.05, 0.1) is 0 Å². The Morgan fingerprint density at radius 3 is 2.85 bits per heavy atom. The second-order valence-electron chi connectivity index (χ2n) is 5.30. The third-order valence-corrected chi connectivity index (χ3v) is 3.79. The van der Waals surface area contributed by atoms with Crippen molar-refractivity contribution in [2.75, 3.05) is 38.5 Å². The minimum atomic E-state index is 0.00203. The molecule has 0 radical (unpaired) electrons. The number of likely N-dealkylation sites (N-methyl/N-ethyl adjacent to an activating group) is 1. The molecule has 1 aliphatic rings. The van der Waals surface area contributed by atoms with Crippen molar-refractivity contribution in [3.63, 3.8) is 0 Å². The Morgan fingerprint density at radius 2 is 2.25 bits per heavy atom. The minimum absolute atomic E-state index is 0.00203. The summed E-state index contributed by atoms with van der Waals surface area (Å²) in [4.78, 5) is 20.6. The van der Waals surface area contributed by atoms with Gasteiger partial charge in [0.25, 0.3) is 5.91 Å². The lowest BCUT2D eigenvalue weighted by Crippen LogP contribution is -2.31. The number of nitrogens with zero attached hydrogens (tertiary/aromatic N) is 3. The summed E-state index contributed by atoms with van der Waals surface area (Å²) >= 11 is 0. The fourth-order valence-corrected chi connectivity index (χ4v) is 2.60. The maximum absolute atomic E-state index is 12.3. The molecule has 0 spiro atoms. The van der Waals surface area contributed by atoms with E-state index in [1.165, 1.54) is 0 Å². The van der Waals surface area contributed by atoms with E-state index in [1.54, 1.807) is 11.1 Å². The normalized spacial score (nSPS) is 19.1. The van der Waals surface area contributed by atoms with Crippen molar-refractivity contribution in [1.29, 1.82) is 0 Å². The van der Waals surface area contributed by atoms with Gasteiger partial charge in [-0.2, -0.15) is 0 Å². The van der Waals surface area contributed by atoms with Crippen molar-refractivity contribution < 1.29 is 4.79 Å². The molecule has 5 heteroatoms. The molecule has 0 aromatic carbocycles. The number of hydrogen-bond acceptors (Lipinski definition) is 4. The van der Waals surface area contributed by atoms with Crippen LogP contribution in [0.5, 0.6) is 0 Å². The van der Waals surface area contributed by atoms with Gasteiger partial charge in [-0.15, -0.1) is 0 Å². The first-order chi connectivity index (χ1) is 9.63. The number of aromatic nitrogens is 1. The third-order valence-electron chi connectivity index (χ3n) is 3.79. The van der Waals surface area contributed by atoms with Crippen molar-refractivity contribution in [2.45, 2.75) is 26.3 Å². The molecule has 1 N–H and O–H groups in total. The van der Waals surface area contributed by atoms with E-state index in [0.29, 0.717) is 24.8 Å². The summed E-state index contributed by atoms with van der Waals surface area (Å²) in [7, 11) is 2.13. The van der Waals surface area contributed by atoms with E-state index in [0.717, 1.165) is 25.2 Å². The number of carbonyl (C=O) groups excluding carboxylic acids is 1. The number of likely N-dealkylation sites (tertiary alicyclic amines) is 1. The monoisotopic (exact) mass is 276 g/mol. The van der Waals surface area contributed by atoms with Gasteiger partial charge >= 0.3 is 0 Å². The molecule has 2 rings (SSSR count). The maximum Gasteiger partial charge on any atom is 0.272 e. The van der Waals surface area contributed by atoms with Crippen molar-refractivity contribution >= 4 is 11.6 Å². The molecule has 0 saturated carbocycles. The lowest BCUT2D eigenvalue weighted by Gasteiger charge is -2.19. The number of carbonyl (C=O) groups is 1. The number of rotatable bonds is 5. The zero-order valence-corrected chi connectivity index (χ0v) is 12.6. The van der Waals surface area contributed by atoms with Crippen LogP contribution in [0.25, 0.3) is 0 Å². The number of anilines is 1. The molecule has 20 heavy (non-hydrogen) atoms.